The Kier molecular flexibility index (Phi) is 4.60. The molecule has 0 radical (unpaired) electrons. The van der Waals surface area contributed by atoms with Gasteiger partial charge in [0.25, 0.3) is 5.91 Å². The molecule has 0 bridgehead atoms. The van der Waals surface area contributed by atoms with Gasteiger partial charge in [0.15, 0.2) is 6.61 Å². The molecule has 1 aliphatic carbocycles. The average Bonchev–Trinajstić information content (AvgIpc) is 2.98. The van der Waals surface area contributed by atoms with Crippen molar-refractivity contribution in [1.82, 2.24) is 10.3 Å². The van der Waals surface area contributed by atoms with Crippen molar-refractivity contribution in [1.29, 1.82) is 0 Å². The van der Waals surface area contributed by atoms with Gasteiger partial charge in [-0.05, 0) is 68.1 Å². The molecule has 4 rings (SSSR count). The Labute approximate surface area is 157 Å². The van der Waals surface area contributed by atoms with Crippen molar-refractivity contribution in [3.05, 3.63) is 64.3 Å². The lowest BCUT2D eigenvalue weighted by atomic mass is 9.91. The van der Waals surface area contributed by atoms with Crippen LogP contribution in [0.15, 0.2) is 42.5 Å². The monoisotopic (exact) mass is 368 g/mol. The molecule has 1 aromatic heterocycles. The number of carbonyl (C=O) groups excluding carboxylic acids is 1. The van der Waals surface area contributed by atoms with E-state index >= 15 is 0 Å². The van der Waals surface area contributed by atoms with E-state index in [1.165, 1.54) is 27.7 Å². The largest absolute Gasteiger partial charge is 0.484 e. The highest BCUT2D eigenvalue weighted by molar-refractivity contribution is 6.30. The number of H-pyrrole nitrogens is 1. The third-order valence-corrected chi connectivity index (χ3v) is 5.14. The van der Waals surface area contributed by atoms with Crippen molar-refractivity contribution in [2.75, 3.05) is 6.61 Å². The fourth-order valence-electron chi connectivity index (χ4n) is 3.60. The maximum atomic E-state index is 12.2. The molecule has 1 amide bonds. The molecule has 2 N–H and O–H groups in total. The summed E-state index contributed by atoms with van der Waals surface area (Å²) in [6, 6.07) is 13.6. The molecule has 26 heavy (non-hydrogen) atoms. The third kappa shape index (κ3) is 3.56. The summed E-state index contributed by atoms with van der Waals surface area (Å²) in [5.74, 6) is 0.548. The van der Waals surface area contributed by atoms with Gasteiger partial charge in [-0.15, -0.1) is 0 Å². The SMILES string of the molecule is Cc1ccc2[nH]c3c(c2c1)CC(NC(=O)COc1ccc(Cl)cc1)CC3. The highest BCUT2D eigenvalue weighted by Crippen LogP contribution is 2.29. The number of nitrogens with one attached hydrogen (secondary N) is 2. The molecule has 0 fully saturated rings. The van der Waals surface area contributed by atoms with Gasteiger partial charge in [0.1, 0.15) is 5.75 Å². The Bertz CT molecular complexity index is 947. The lowest BCUT2D eigenvalue weighted by Crippen LogP contribution is -2.41. The Balaban J connectivity index is 1.39. The number of aromatic nitrogens is 1. The summed E-state index contributed by atoms with van der Waals surface area (Å²) in [6.07, 6.45) is 2.74. The second-order valence-electron chi connectivity index (χ2n) is 6.88. The number of rotatable bonds is 4. The van der Waals surface area contributed by atoms with Gasteiger partial charge in [-0.25, -0.2) is 0 Å². The van der Waals surface area contributed by atoms with Crippen LogP contribution in [0.3, 0.4) is 0 Å². The maximum Gasteiger partial charge on any atom is 0.258 e. The van der Waals surface area contributed by atoms with Crippen molar-refractivity contribution in [3.63, 3.8) is 0 Å². The first-order chi connectivity index (χ1) is 12.6. The average molecular weight is 369 g/mol. The molecular weight excluding hydrogens is 348 g/mol. The van der Waals surface area contributed by atoms with Crippen molar-refractivity contribution < 1.29 is 9.53 Å². The lowest BCUT2D eigenvalue weighted by molar-refractivity contribution is -0.123. The van der Waals surface area contributed by atoms with Crippen molar-refractivity contribution in [3.8, 4) is 5.75 Å². The van der Waals surface area contributed by atoms with E-state index in [1.807, 2.05) is 0 Å². The van der Waals surface area contributed by atoms with Gasteiger partial charge in [-0.2, -0.15) is 0 Å². The molecule has 134 valence electrons. The summed E-state index contributed by atoms with van der Waals surface area (Å²) in [4.78, 5) is 15.8. The number of carbonyl (C=O) groups is 1. The highest BCUT2D eigenvalue weighted by Gasteiger charge is 2.23. The number of fused-ring (bicyclic) bond motifs is 3. The lowest BCUT2D eigenvalue weighted by Gasteiger charge is -2.23. The molecule has 1 unspecified atom stereocenters. The van der Waals surface area contributed by atoms with Crippen LogP contribution >= 0.6 is 11.6 Å². The standard InChI is InChI=1S/C21H21ClN2O2/c1-13-2-8-19-17(10-13)18-11-15(5-9-20(18)24-19)23-21(25)12-26-16-6-3-14(22)4-7-16/h2-4,6-8,10,15,24H,5,9,11-12H2,1H3,(H,23,25). The first-order valence-corrected chi connectivity index (χ1v) is 9.24. The topological polar surface area (TPSA) is 54.1 Å². The molecule has 3 aromatic rings. The highest BCUT2D eigenvalue weighted by atomic mass is 35.5. The number of aryl methyl sites for hydroxylation is 2. The number of ether oxygens (including phenoxy) is 1. The Morgan fingerprint density at radius 2 is 2.08 bits per heavy atom. The van der Waals surface area contributed by atoms with Crippen molar-refractivity contribution in [2.45, 2.75) is 32.2 Å². The molecule has 0 saturated heterocycles. The number of aromatic amines is 1. The molecule has 0 spiro atoms. The Hall–Kier alpha value is -2.46. The van der Waals surface area contributed by atoms with Gasteiger partial charge < -0.3 is 15.0 Å². The molecule has 5 heteroatoms. The summed E-state index contributed by atoms with van der Waals surface area (Å²) in [5.41, 5.74) is 5.06. The molecule has 1 heterocycles. The molecule has 0 saturated carbocycles. The summed E-state index contributed by atoms with van der Waals surface area (Å²) >= 11 is 5.85. The van der Waals surface area contributed by atoms with Crippen molar-refractivity contribution >= 4 is 28.4 Å². The van der Waals surface area contributed by atoms with Crippen LogP contribution in [0, 0.1) is 6.92 Å². The molecule has 0 aliphatic heterocycles. The number of amides is 1. The maximum absolute atomic E-state index is 12.2. The summed E-state index contributed by atoms with van der Waals surface area (Å²) < 4.78 is 5.53. The van der Waals surface area contributed by atoms with Gasteiger partial charge in [-0.1, -0.05) is 23.2 Å². The zero-order valence-corrected chi connectivity index (χ0v) is 15.4. The predicted octanol–water partition coefficient (Wildman–Crippen LogP) is 4.18. The minimum atomic E-state index is -0.0931. The van der Waals surface area contributed by atoms with E-state index < -0.39 is 0 Å². The van der Waals surface area contributed by atoms with Crippen LogP contribution < -0.4 is 10.1 Å². The fraction of sp³-hybridized carbons (Fsp3) is 0.286. The smallest absolute Gasteiger partial charge is 0.258 e. The van der Waals surface area contributed by atoms with Crippen LogP contribution in [0.4, 0.5) is 0 Å². The Morgan fingerprint density at radius 1 is 1.27 bits per heavy atom. The summed E-state index contributed by atoms with van der Waals surface area (Å²) in [7, 11) is 0. The van der Waals surface area contributed by atoms with Gasteiger partial charge in [0.05, 0.1) is 0 Å². The first-order valence-electron chi connectivity index (χ1n) is 8.86. The van der Waals surface area contributed by atoms with Crippen LogP contribution in [0.2, 0.25) is 5.02 Å². The van der Waals surface area contributed by atoms with E-state index in [9.17, 15) is 4.79 Å². The van der Waals surface area contributed by atoms with E-state index in [1.54, 1.807) is 24.3 Å². The second-order valence-corrected chi connectivity index (χ2v) is 7.32. The number of halogens is 1. The summed E-state index contributed by atoms with van der Waals surface area (Å²) in [5, 5.41) is 5.03. The van der Waals surface area contributed by atoms with E-state index in [4.69, 9.17) is 16.3 Å². The minimum Gasteiger partial charge on any atom is -0.484 e. The molecular formula is C21H21ClN2O2. The third-order valence-electron chi connectivity index (χ3n) is 4.89. The van der Waals surface area contributed by atoms with E-state index in [2.05, 4.69) is 35.4 Å². The molecule has 2 aromatic carbocycles. The quantitative estimate of drug-likeness (QED) is 0.725. The molecule has 1 aliphatic rings. The molecule has 1 atom stereocenters. The first kappa shape index (κ1) is 17.0. The predicted molar refractivity (Wildman–Crippen MR) is 104 cm³/mol. The van der Waals surface area contributed by atoms with Crippen molar-refractivity contribution in [2.24, 2.45) is 0 Å². The zero-order valence-electron chi connectivity index (χ0n) is 14.6. The summed E-state index contributed by atoms with van der Waals surface area (Å²) in [6.45, 7) is 2.12. The van der Waals surface area contributed by atoms with Gasteiger partial charge in [0, 0.05) is 27.7 Å². The number of hydrogen-bond acceptors (Lipinski definition) is 2. The van der Waals surface area contributed by atoms with Crippen LogP contribution in [0.25, 0.3) is 10.9 Å². The van der Waals surface area contributed by atoms with Crippen LogP contribution in [-0.2, 0) is 17.6 Å². The van der Waals surface area contributed by atoms with Crippen LogP contribution in [-0.4, -0.2) is 23.5 Å². The number of benzene rings is 2. The van der Waals surface area contributed by atoms with E-state index in [0.29, 0.717) is 10.8 Å². The van der Waals surface area contributed by atoms with Gasteiger partial charge in [-0.3, -0.25) is 4.79 Å². The zero-order chi connectivity index (χ0) is 18.1. The minimum absolute atomic E-state index is 0.0119. The number of hydrogen-bond donors (Lipinski definition) is 2. The molecule has 4 nitrogen and oxygen atoms in total. The normalized spacial score (nSPS) is 16.3. The van der Waals surface area contributed by atoms with Crippen LogP contribution in [0.1, 0.15) is 23.2 Å². The Morgan fingerprint density at radius 3 is 2.88 bits per heavy atom. The van der Waals surface area contributed by atoms with Gasteiger partial charge >= 0.3 is 0 Å². The fourth-order valence-corrected chi connectivity index (χ4v) is 3.73. The van der Waals surface area contributed by atoms with Gasteiger partial charge in [0.2, 0.25) is 0 Å². The van der Waals surface area contributed by atoms with Crippen LogP contribution in [0.5, 0.6) is 5.75 Å². The van der Waals surface area contributed by atoms with E-state index in [0.717, 1.165) is 19.3 Å². The van der Waals surface area contributed by atoms with E-state index in [-0.39, 0.29) is 18.6 Å². The second kappa shape index (κ2) is 7.04.